The molecule has 0 spiro atoms. The van der Waals surface area contributed by atoms with Crippen molar-refractivity contribution in [1.82, 2.24) is 0 Å². The van der Waals surface area contributed by atoms with E-state index >= 15 is 0 Å². The van der Waals surface area contributed by atoms with Gasteiger partial charge in [0, 0.05) is 71.6 Å². The van der Waals surface area contributed by atoms with Gasteiger partial charge in [0.2, 0.25) is 0 Å². The smallest absolute Gasteiger partial charge is 0.330 e. The molecule has 4 unspecified atom stereocenters. The largest absolute Gasteiger partial charge is 0.469 e. The summed E-state index contributed by atoms with van der Waals surface area (Å²) in [6, 6.07) is 31.3. The number of aliphatic hydroxyl groups excluding tert-OH is 1. The Bertz CT molecular complexity index is 5640. The van der Waals surface area contributed by atoms with E-state index in [0.29, 0.717) is 81.5 Å². The van der Waals surface area contributed by atoms with E-state index in [9.17, 15) is 119 Å². The van der Waals surface area contributed by atoms with Gasteiger partial charge in [0.25, 0.3) is 0 Å². The van der Waals surface area contributed by atoms with Crippen LogP contribution in [-0.2, 0) is 64.5 Å². The first-order chi connectivity index (χ1) is 57.9. The Labute approximate surface area is 723 Å². The number of thioether (sulfide) groups is 1. The summed E-state index contributed by atoms with van der Waals surface area (Å²) >= 11 is 28.3. The number of sulfone groups is 3. The highest BCUT2D eigenvalue weighted by molar-refractivity contribution is 7.99. The Balaban J connectivity index is 0.000000262. The van der Waals surface area contributed by atoms with E-state index in [1.54, 1.807) is 0 Å². The average Bonchev–Trinajstić information content (AvgIpc) is 0.759. The van der Waals surface area contributed by atoms with Crippen LogP contribution in [0.1, 0.15) is 91.1 Å². The predicted molar refractivity (Wildman–Crippen MR) is 431 cm³/mol. The molecule has 123 heavy (non-hydrogen) atoms. The molecule has 0 aromatic heterocycles. The number of hydrogen-bond acceptors (Lipinski definition) is 16. The molecule has 658 valence electrons. The van der Waals surface area contributed by atoms with Crippen LogP contribution in [0.25, 0.3) is 6.08 Å². The summed E-state index contributed by atoms with van der Waals surface area (Å²) in [7, 11) is -9.43. The summed E-state index contributed by atoms with van der Waals surface area (Å²) in [6.07, 6.45) is 2.70. The SMILES string of the molecule is C=CC(=O)OC.COC(=O)/C=C/c1c(F)ccc(F)c1F.COC(=O)CC(c1c(F)ccc(F)c1F)S(=O)(=O)c1ccc(Cl)cc1.Fc1ccc(F)c2c1SCCC2Cc1ccc(Cl)cc1.O=Cc1c(F)ccc(F)c1F.O=S(=O)(c1ccc(Cl)cc1)C(CCO)c1c(F)ccc(F)c1F.O=S(=O)(c1ccc(Cl)cc1)C(CCS)c1c(F)ccc(F)c1F. The van der Waals surface area contributed by atoms with E-state index in [-0.39, 0.29) is 60.7 Å². The number of aliphatic hydroxyl groups is 1. The van der Waals surface area contributed by atoms with E-state index in [2.05, 4.69) is 33.4 Å². The number of benzene rings is 10. The maximum Gasteiger partial charge on any atom is 0.330 e. The number of hydrogen-bond donors (Lipinski definition) is 2. The van der Waals surface area contributed by atoms with Crippen molar-refractivity contribution < 1.29 is 138 Å². The molecule has 0 saturated heterocycles. The number of carbonyl (C=O) groups is 4. The third-order valence-corrected chi connectivity index (χ3v) is 25.7. The van der Waals surface area contributed by atoms with Crippen LogP contribution in [-0.4, -0.2) is 94.0 Å². The van der Waals surface area contributed by atoms with Gasteiger partial charge >= 0.3 is 17.9 Å². The van der Waals surface area contributed by atoms with Crippen molar-refractivity contribution >= 4 is 131 Å². The molecule has 10 aromatic carbocycles. The van der Waals surface area contributed by atoms with Gasteiger partial charge in [-0.2, -0.15) is 12.6 Å². The standard InChI is InChI=1S/C16H12ClF3O4S.C16H13ClF2S.C15H12ClF3O3S.C15H12ClF3O2S2.C10H7F3O2.C7H3F3O.C4H6O2/c1-24-14(21)8-13(15-11(18)6-7-12(19)16(15)20)25(22,23)10-4-2-9(17)3-5-10;17-12-3-1-10(2-4-12)9-11-7-8-20-16-14(19)6-5-13(18)15(11)16;16-9-1-3-10(4-2-9)23(21,22)13(7-8-20)14-11(17)5-6-12(18)15(14)19;16-9-1-3-10(4-2-9)23(20,21)13(7-8-22)14-11(17)5-6-12(18)15(14)19;1-15-9(14)5-2-6-7(11)3-4-8(12)10(6)13;8-5-1-2-6(9)7(10)4(5)3-11;1-3-4(5)6-2/h2-7,13H,8H2,1H3;1-6,11H,7-9H2;1-6,13,20H,7-8H2;1-6,13,22H,7-8H2;2-5H,1H3;1-3H;3H,1H2,2H3/b;;;;5-2+;;. The van der Waals surface area contributed by atoms with Gasteiger partial charge in [-0.1, -0.05) is 65.1 Å². The lowest BCUT2D eigenvalue weighted by Crippen LogP contribution is -2.21. The first-order valence-corrected chi connectivity index (χ1v) is 42.4. The molecule has 11 rings (SSSR count). The normalized spacial score (nSPS) is 12.9. The molecular formula is C83H65Cl4F17O14S5. The van der Waals surface area contributed by atoms with Crippen LogP contribution in [0, 0.1) is 98.9 Å². The second-order valence-corrected chi connectivity index (χ2v) is 34.4. The van der Waals surface area contributed by atoms with Crippen molar-refractivity contribution in [3.05, 3.63) is 347 Å². The van der Waals surface area contributed by atoms with Crippen LogP contribution in [0.4, 0.5) is 74.6 Å². The first kappa shape index (κ1) is 104. The van der Waals surface area contributed by atoms with Gasteiger partial charge in [0.05, 0.1) is 58.5 Å². The molecular weight excluding hydrogens is 1850 g/mol. The summed E-state index contributed by atoms with van der Waals surface area (Å²) in [5.74, 6) is -21.6. The van der Waals surface area contributed by atoms with Crippen molar-refractivity contribution in [2.75, 3.05) is 39.4 Å². The Kier molecular flexibility index (Phi) is 40.9. The van der Waals surface area contributed by atoms with Crippen molar-refractivity contribution in [3.63, 3.8) is 0 Å². The molecule has 0 fully saturated rings. The molecule has 1 aliphatic rings. The van der Waals surface area contributed by atoms with Gasteiger partial charge < -0.3 is 19.3 Å². The molecule has 1 N–H and O–H groups in total. The fraction of sp³-hybridized carbons (Fsp3) is 0.181. The first-order valence-electron chi connectivity index (χ1n) is 34.6. The Morgan fingerprint density at radius 3 is 1.14 bits per heavy atom. The third kappa shape index (κ3) is 28.4. The zero-order chi connectivity index (χ0) is 92.1. The molecule has 4 atom stereocenters. The minimum atomic E-state index is -4.44. The monoisotopic (exact) mass is 1910 g/mol. The van der Waals surface area contributed by atoms with E-state index in [1.165, 1.54) is 91.7 Å². The highest BCUT2D eigenvalue weighted by Gasteiger charge is 2.39. The number of thiol groups is 1. The zero-order valence-electron chi connectivity index (χ0n) is 63.4. The lowest BCUT2D eigenvalue weighted by Gasteiger charge is -2.26. The summed E-state index contributed by atoms with van der Waals surface area (Å²) < 4.78 is 317. The molecule has 40 heteroatoms. The number of methoxy groups -OCH3 is 3. The van der Waals surface area contributed by atoms with Gasteiger partial charge in [-0.3, -0.25) is 9.59 Å². The van der Waals surface area contributed by atoms with Crippen molar-refractivity contribution in [1.29, 1.82) is 0 Å². The number of carbonyl (C=O) groups excluding carboxylic acids is 4. The average molecular weight is 1910 g/mol. The quantitative estimate of drug-likeness (QED) is 0.0130. The lowest BCUT2D eigenvalue weighted by atomic mass is 9.89. The molecule has 0 saturated carbocycles. The molecule has 0 amide bonds. The van der Waals surface area contributed by atoms with E-state index < -0.39 is 198 Å². The van der Waals surface area contributed by atoms with Crippen LogP contribution in [0.5, 0.6) is 0 Å². The van der Waals surface area contributed by atoms with Crippen LogP contribution in [0.2, 0.25) is 20.1 Å². The van der Waals surface area contributed by atoms with Crippen LogP contribution in [0.3, 0.4) is 0 Å². The molecule has 10 aromatic rings. The molecule has 0 bridgehead atoms. The van der Waals surface area contributed by atoms with E-state index in [1.807, 2.05) is 24.3 Å². The zero-order valence-corrected chi connectivity index (χ0v) is 70.6. The molecule has 0 radical (unpaired) electrons. The summed E-state index contributed by atoms with van der Waals surface area (Å²) in [4.78, 5) is 41.8. The maximum atomic E-state index is 14.1. The van der Waals surface area contributed by atoms with Crippen LogP contribution >= 0.6 is 70.8 Å². The number of ether oxygens (including phenoxy) is 3. The second kappa shape index (κ2) is 48.5. The number of aldehydes is 1. The van der Waals surface area contributed by atoms with Crippen molar-refractivity contribution in [2.24, 2.45) is 0 Å². The van der Waals surface area contributed by atoms with E-state index in [4.69, 9.17) is 51.5 Å². The lowest BCUT2D eigenvalue weighted by molar-refractivity contribution is -0.140. The topological polar surface area (TPSA) is 219 Å². The van der Waals surface area contributed by atoms with Crippen LogP contribution in [0.15, 0.2) is 208 Å². The minimum Gasteiger partial charge on any atom is -0.469 e. The van der Waals surface area contributed by atoms with Crippen molar-refractivity contribution in [3.8, 4) is 0 Å². The molecule has 14 nitrogen and oxygen atoms in total. The Morgan fingerprint density at radius 1 is 0.447 bits per heavy atom. The second-order valence-electron chi connectivity index (χ2n) is 24.7. The number of esters is 3. The fourth-order valence-corrected chi connectivity index (χ4v) is 18.4. The van der Waals surface area contributed by atoms with Gasteiger partial charge in [-0.05, 0) is 212 Å². The highest BCUT2D eigenvalue weighted by Crippen LogP contribution is 2.44. The summed E-state index contributed by atoms with van der Waals surface area (Å²) in [6.45, 7) is 2.51. The third-order valence-electron chi connectivity index (χ3n) is 17.0. The molecule has 0 aliphatic carbocycles. The number of rotatable bonds is 21. The summed E-state index contributed by atoms with van der Waals surface area (Å²) in [5, 5.41) is 5.26. The molecule has 1 aliphatic heterocycles. The summed E-state index contributed by atoms with van der Waals surface area (Å²) in [5.41, 5.74) is -2.63. The number of halogens is 21. The highest BCUT2D eigenvalue weighted by atomic mass is 35.5. The van der Waals surface area contributed by atoms with Crippen molar-refractivity contribution in [2.45, 2.75) is 73.4 Å². The van der Waals surface area contributed by atoms with Gasteiger partial charge in [0.1, 0.15) is 46.0 Å². The van der Waals surface area contributed by atoms with Gasteiger partial charge in [-0.25, -0.2) is 109 Å². The Hall–Kier alpha value is -9.76. The Morgan fingerprint density at radius 2 is 0.780 bits per heavy atom. The van der Waals surface area contributed by atoms with Gasteiger partial charge in [0.15, 0.2) is 94.0 Å². The number of fused-ring (bicyclic) bond motifs is 1. The van der Waals surface area contributed by atoms with E-state index in [0.717, 1.165) is 68.4 Å². The minimum absolute atomic E-state index is 0.0307. The maximum absolute atomic E-state index is 14.1. The fourth-order valence-electron chi connectivity index (χ4n) is 10.9. The van der Waals surface area contributed by atoms with Gasteiger partial charge in [-0.15, -0.1) is 11.8 Å². The van der Waals surface area contributed by atoms with Crippen LogP contribution < -0.4 is 0 Å². The predicted octanol–water partition coefficient (Wildman–Crippen LogP) is 22.1. The molecule has 1 heterocycles.